The van der Waals surface area contributed by atoms with E-state index in [1.165, 1.54) is 12.1 Å². The molecule has 2 rings (SSSR count). The highest BCUT2D eigenvalue weighted by Crippen LogP contribution is 2.29. The Hall–Kier alpha value is -1.66. The Labute approximate surface area is 150 Å². The lowest BCUT2D eigenvalue weighted by atomic mass is 9.86. The molecule has 1 unspecified atom stereocenters. The highest BCUT2D eigenvalue weighted by Gasteiger charge is 2.29. The van der Waals surface area contributed by atoms with E-state index in [9.17, 15) is 9.18 Å². The van der Waals surface area contributed by atoms with Crippen molar-refractivity contribution in [2.45, 2.75) is 39.8 Å². The van der Waals surface area contributed by atoms with Gasteiger partial charge in [-0.25, -0.2) is 4.39 Å². The standard InChI is InChI=1S/C19H31FN4O/c1-13(22-18(25)17(21)19(2,3)4)15-12-14(20)6-7-16(15)24-10-8-23(5)9-11-24/h6-7,12-13,17H,8-11,21H2,1-5H3,(H,22,25)/t13?,17-/m1/s1. The van der Waals surface area contributed by atoms with Crippen LogP contribution >= 0.6 is 0 Å². The van der Waals surface area contributed by atoms with E-state index in [0.29, 0.717) is 0 Å². The van der Waals surface area contributed by atoms with Crippen molar-refractivity contribution in [2.75, 3.05) is 38.1 Å². The van der Waals surface area contributed by atoms with Crippen molar-refractivity contribution in [3.63, 3.8) is 0 Å². The van der Waals surface area contributed by atoms with E-state index in [1.807, 2.05) is 33.8 Å². The van der Waals surface area contributed by atoms with E-state index in [1.54, 1.807) is 0 Å². The summed E-state index contributed by atoms with van der Waals surface area (Å²) in [4.78, 5) is 17.0. The predicted octanol–water partition coefficient (Wildman–Crippen LogP) is 2.13. The first kappa shape index (κ1) is 19.7. The van der Waals surface area contributed by atoms with E-state index >= 15 is 0 Å². The van der Waals surface area contributed by atoms with Gasteiger partial charge in [0.1, 0.15) is 5.82 Å². The number of nitrogens with two attached hydrogens (primary N) is 1. The molecule has 1 aliphatic heterocycles. The Morgan fingerprint density at radius 2 is 1.84 bits per heavy atom. The van der Waals surface area contributed by atoms with Gasteiger partial charge in [-0.1, -0.05) is 20.8 Å². The van der Waals surface area contributed by atoms with Crippen LogP contribution in [0.3, 0.4) is 0 Å². The van der Waals surface area contributed by atoms with Crippen LogP contribution < -0.4 is 16.0 Å². The van der Waals surface area contributed by atoms with Gasteiger partial charge in [0.15, 0.2) is 0 Å². The molecule has 1 heterocycles. The maximum absolute atomic E-state index is 13.9. The third-order valence-corrected chi connectivity index (χ3v) is 4.87. The third kappa shape index (κ3) is 4.92. The van der Waals surface area contributed by atoms with Crippen molar-refractivity contribution >= 4 is 11.6 Å². The molecule has 0 spiro atoms. The SMILES string of the molecule is CC(NC(=O)[C@@H](N)C(C)(C)C)c1cc(F)ccc1N1CCN(C)CC1. The van der Waals surface area contributed by atoms with Gasteiger partial charge in [-0.3, -0.25) is 4.79 Å². The summed E-state index contributed by atoms with van der Waals surface area (Å²) < 4.78 is 13.9. The van der Waals surface area contributed by atoms with E-state index in [0.717, 1.165) is 37.4 Å². The number of piperazine rings is 1. The fraction of sp³-hybridized carbons (Fsp3) is 0.632. The molecular formula is C19H31FN4O. The summed E-state index contributed by atoms with van der Waals surface area (Å²) in [5, 5.41) is 2.95. The summed E-state index contributed by atoms with van der Waals surface area (Å²) in [6, 6.07) is 3.87. The molecule has 25 heavy (non-hydrogen) atoms. The smallest absolute Gasteiger partial charge is 0.237 e. The fourth-order valence-electron chi connectivity index (χ4n) is 2.98. The second kappa shape index (κ2) is 7.70. The number of hydrogen-bond donors (Lipinski definition) is 2. The lowest BCUT2D eigenvalue weighted by Gasteiger charge is -2.36. The van der Waals surface area contributed by atoms with Crippen LogP contribution in [0.5, 0.6) is 0 Å². The molecule has 0 bridgehead atoms. The maximum atomic E-state index is 13.9. The molecule has 1 fully saturated rings. The molecule has 1 aromatic carbocycles. The highest BCUT2D eigenvalue weighted by molar-refractivity contribution is 5.83. The number of carbonyl (C=O) groups is 1. The zero-order valence-corrected chi connectivity index (χ0v) is 16.0. The highest BCUT2D eigenvalue weighted by atomic mass is 19.1. The van der Waals surface area contributed by atoms with Gasteiger partial charge in [0.25, 0.3) is 0 Å². The van der Waals surface area contributed by atoms with Crippen LogP contribution in [0.4, 0.5) is 10.1 Å². The van der Waals surface area contributed by atoms with Crippen molar-refractivity contribution in [1.29, 1.82) is 0 Å². The van der Waals surface area contributed by atoms with Crippen LogP contribution in [0.2, 0.25) is 0 Å². The number of nitrogens with one attached hydrogen (secondary N) is 1. The molecule has 1 amide bonds. The minimum atomic E-state index is -0.615. The first-order valence-corrected chi connectivity index (χ1v) is 8.88. The summed E-state index contributed by atoms with van der Waals surface area (Å²) >= 11 is 0. The fourth-order valence-corrected chi connectivity index (χ4v) is 2.98. The molecule has 0 aliphatic carbocycles. The van der Waals surface area contributed by atoms with E-state index in [-0.39, 0.29) is 23.2 Å². The molecule has 1 aliphatic rings. The number of benzene rings is 1. The third-order valence-electron chi connectivity index (χ3n) is 4.87. The van der Waals surface area contributed by atoms with Gasteiger partial charge in [-0.2, -0.15) is 0 Å². The molecule has 140 valence electrons. The van der Waals surface area contributed by atoms with Crippen LogP contribution in [-0.4, -0.2) is 50.1 Å². The van der Waals surface area contributed by atoms with E-state index < -0.39 is 6.04 Å². The van der Waals surface area contributed by atoms with Crippen LogP contribution in [0.25, 0.3) is 0 Å². The lowest BCUT2D eigenvalue weighted by molar-refractivity contribution is -0.125. The summed E-state index contributed by atoms with van der Waals surface area (Å²) in [5.74, 6) is -0.511. The van der Waals surface area contributed by atoms with Gasteiger partial charge in [0.2, 0.25) is 5.91 Å². The number of amides is 1. The summed E-state index contributed by atoms with van der Waals surface area (Å²) in [6.07, 6.45) is 0. The van der Waals surface area contributed by atoms with Crippen LogP contribution in [0, 0.1) is 11.2 Å². The van der Waals surface area contributed by atoms with Crippen molar-refractivity contribution < 1.29 is 9.18 Å². The maximum Gasteiger partial charge on any atom is 0.237 e. The number of carbonyl (C=O) groups excluding carboxylic acids is 1. The Morgan fingerprint density at radius 3 is 2.40 bits per heavy atom. The van der Waals surface area contributed by atoms with Gasteiger partial charge in [-0.15, -0.1) is 0 Å². The Kier molecular flexibility index (Phi) is 6.06. The van der Waals surface area contributed by atoms with Crippen LogP contribution in [-0.2, 0) is 4.79 Å². The molecule has 2 atom stereocenters. The first-order valence-electron chi connectivity index (χ1n) is 8.88. The van der Waals surface area contributed by atoms with Crippen LogP contribution in [0.1, 0.15) is 39.3 Å². The average Bonchev–Trinajstić information content (AvgIpc) is 2.54. The largest absolute Gasteiger partial charge is 0.369 e. The topological polar surface area (TPSA) is 61.6 Å². The number of anilines is 1. The monoisotopic (exact) mass is 350 g/mol. The molecule has 1 aromatic rings. The van der Waals surface area contributed by atoms with Crippen molar-refractivity contribution in [3.8, 4) is 0 Å². The number of halogens is 1. The summed E-state index contributed by atoms with van der Waals surface area (Å²) in [7, 11) is 2.10. The minimum absolute atomic E-state index is 0.214. The lowest BCUT2D eigenvalue weighted by Crippen LogP contribution is -2.49. The number of likely N-dealkylation sites (N-methyl/N-ethyl adjacent to an activating group) is 1. The zero-order chi connectivity index (χ0) is 18.8. The quantitative estimate of drug-likeness (QED) is 0.873. The average molecular weight is 350 g/mol. The molecule has 0 saturated carbocycles. The van der Waals surface area contributed by atoms with Gasteiger partial charge in [-0.05, 0) is 37.6 Å². The summed E-state index contributed by atoms with van der Waals surface area (Å²) in [5.41, 5.74) is 7.49. The molecular weight excluding hydrogens is 319 g/mol. The van der Waals surface area contributed by atoms with Crippen LogP contribution in [0.15, 0.2) is 18.2 Å². The van der Waals surface area contributed by atoms with Gasteiger partial charge in [0.05, 0.1) is 12.1 Å². The Morgan fingerprint density at radius 1 is 1.24 bits per heavy atom. The minimum Gasteiger partial charge on any atom is -0.369 e. The molecule has 6 heteroatoms. The molecule has 3 N–H and O–H groups in total. The molecule has 0 aromatic heterocycles. The van der Waals surface area contributed by atoms with Gasteiger partial charge < -0.3 is 20.9 Å². The van der Waals surface area contributed by atoms with Gasteiger partial charge in [0, 0.05) is 37.4 Å². The molecule has 0 radical (unpaired) electrons. The number of rotatable bonds is 4. The Bertz CT molecular complexity index is 606. The summed E-state index contributed by atoms with van der Waals surface area (Å²) in [6.45, 7) is 11.4. The normalized spacial score (nSPS) is 18.8. The van der Waals surface area contributed by atoms with E-state index in [2.05, 4.69) is 22.2 Å². The second-order valence-electron chi connectivity index (χ2n) is 8.07. The molecule has 5 nitrogen and oxygen atoms in total. The number of nitrogens with zero attached hydrogens (tertiary/aromatic N) is 2. The van der Waals surface area contributed by atoms with Gasteiger partial charge >= 0.3 is 0 Å². The van der Waals surface area contributed by atoms with Crippen molar-refractivity contribution in [3.05, 3.63) is 29.6 Å². The predicted molar refractivity (Wildman–Crippen MR) is 100 cm³/mol. The number of hydrogen-bond acceptors (Lipinski definition) is 4. The van der Waals surface area contributed by atoms with E-state index in [4.69, 9.17) is 5.73 Å². The second-order valence-corrected chi connectivity index (χ2v) is 8.07. The zero-order valence-electron chi connectivity index (χ0n) is 16.0. The van der Waals surface area contributed by atoms with Crippen molar-refractivity contribution in [1.82, 2.24) is 10.2 Å². The Balaban J connectivity index is 2.19. The van der Waals surface area contributed by atoms with Crippen molar-refractivity contribution in [2.24, 2.45) is 11.1 Å². The first-order chi connectivity index (χ1) is 11.6. The molecule has 1 saturated heterocycles.